The monoisotopic (exact) mass is 246 g/mol. The average molecular weight is 246 g/mol. The van der Waals surface area contributed by atoms with Crippen LogP contribution < -0.4 is 4.74 Å². The highest BCUT2D eigenvalue weighted by Gasteiger charge is 2.08. The Morgan fingerprint density at radius 3 is 2.89 bits per heavy atom. The van der Waals surface area contributed by atoms with Gasteiger partial charge in [0, 0.05) is 0 Å². The second-order valence-corrected chi connectivity index (χ2v) is 4.04. The minimum atomic E-state index is -1.03. The van der Waals surface area contributed by atoms with Crippen molar-refractivity contribution < 1.29 is 14.6 Å². The molecule has 2 rings (SSSR count). The Kier molecular flexibility index (Phi) is 3.32. The Balaban J connectivity index is 2.07. The highest BCUT2D eigenvalue weighted by atomic mass is 16.5. The summed E-state index contributed by atoms with van der Waals surface area (Å²) in [6, 6.07) is 5.81. The van der Waals surface area contributed by atoms with Gasteiger partial charge in [-0.15, -0.1) is 0 Å². The standard InChI is InChI=1S/C13H14N2O3/c1-8-4-3-5-11(9(8)2)18-7-12-14-6-10(15-12)13(16)17/h3-6H,7H2,1-2H3,(H,14,15)(H,16,17). The summed E-state index contributed by atoms with van der Waals surface area (Å²) in [5.41, 5.74) is 2.29. The SMILES string of the molecule is Cc1cccc(OCc2ncc(C(=O)O)[nH]2)c1C. The number of rotatable bonds is 4. The number of aromatic carboxylic acids is 1. The van der Waals surface area contributed by atoms with Gasteiger partial charge >= 0.3 is 5.97 Å². The third-order valence-corrected chi connectivity index (χ3v) is 2.78. The summed E-state index contributed by atoms with van der Waals surface area (Å²) in [6.45, 7) is 4.21. The molecule has 2 N–H and O–H groups in total. The summed E-state index contributed by atoms with van der Waals surface area (Å²) in [5, 5.41) is 8.75. The first-order chi connectivity index (χ1) is 8.58. The molecule has 0 aliphatic carbocycles. The number of aromatic nitrogens is 2. The van der Waals surface area contributed by atoms with Crippen molar-refractivity contribution in [2.75, 3.05) is 0 Å². The van der Waals surface area contributed by atoms with E-state index in [0.717, 1.165) is 16.9 Å². The molecular weight excluding hydrogens is 232 g/mol. The summed E-state index contributed by atoms with van der Waals surface area (Å²) in [5.74, 6) is 0.247. The van der Waals surface area contributed by atoms with Crippen molar-refractivity contribution in [3.63, 3.8) is 0 Å². The molecule has 0 spiro atoms. The van der Waals surface area contributed by atoms with Gasteiger partial charge in [-0.1, -0.05) is 12.1 Å². The number of carboxylic acids is 1. The fourth-order valence-corrected chi connectivity index (χ4v) is 1.57. The van der Waals surface area contributed by atoms with Gasteiger partial charge in [-0.25, -0.2) is 9.78 Å². The number of nitrogens with one attached hydrogen (secondary N) is 1. The van der Waals surface area contributed by atoms with E-state index in [0.29, 0.717) is 5.82 Å². The molecule has 2 aromatic rings. The zero-order valence-electron chi connectivity index (χ0n) is 10.2. The molecule has 1 aromatic heterocycles. The smallest absolute Gasteiger partial charge is 0.353 e. The Labute approximate surface area is 104 Å². The van der Waals surface area contributed by atoms with Gasteiger partial charge < -0.3 is 14.8 Å². The summed E-state index contributed by atoms with van der Waals surface area (Å²) in [6.07, 6.45) is 1.28. The van der Waals surface area contributed by atoms with Crippen LogP contribution in [0.2, 0.25) is 0 Å². The van der Waals surface area contributed by atoms with Crippen LogP contribution in [0.3, 0.4) is 0 Å². The first-order valence-corrected chi connectivity index (χ1v) is 5.54. The largest absolute Gasteiger partial charge is 0.485 e. The molecule has 5 nitrogen and oxygen atoms in total. The lowest BCUT2D eigenvalue weighted by Crippen LogP contribution is -2.01. The highest BCUT2D eigenvalue weighted by Crippen LogP contribution is 2.21. The van der Waals surface area contributed by atoms with Gasteiger partial charge in [0.2, 0.25) is 0 Å². The van der Waals surface area contributed by atoms with E-state index in [1.54, 1.807) is 0 Å². The number of aryl methyl sites for hydroxylation is 1. The molecule has 0 aliphatic heterocycles. The number of carboxylic acid groups (broad SMARTS) is 1. The van der Waals surface area contributed by atoms with Crippen molar-refractivity contribution in [1.82, 2.24) is 9.97 Å². The Bertz CT molecular complexity index is 575. The van der Waals surface area contributed by atoms with Crippen LogP contribution >= 0.6 is 0 Å². The summed E-state index contributed by atoms with van der Waals surface area (Å²) in [7, 11) is 0. The van der Waals surface area contributed by atoms with Gasteiger partial charge in [0.25, 0.3) is 0 Å². The average Bonchev–Trinajstić information content (AvgIpc) is 2.80. The number of carbonyl (C=O) groups is 1. The maximum Gasteiger partial charge on any atom is 0.353 e. The second-order valence-electron chi connectivity index (χ2n) is 4.04. The van der Waals surface area contributed by atoms with Crippen LogP contribution in [0.25, 0.3) is 0 Å². The Morgan fingerprint density at radius 1 is 1.44 bits per heavy atom. The molecule has 5 heteroatoms. The van der Waals surface area contributed by atoms with E-state index in [1.165, 1.54) is 6.20 Å². The van der Waals surface area contributed by atoms with Gasteiger partial charge in [-0.05, 0) is 31.0 Å². The van der Waals surface area contributed by atoms with E-state index in [-0.39, 0.29) is 12.3 Å². The quantitative estimate of drug-likeness (QED) is 0.868. The zero-order valence-corrected chi connectivity index (χ0v) is 10.2. The topological polar surface area (TPSA) is 75.2 Å². The fourth-order valence-electron chi connectivity index (χ4n) is 1.57. The van der Waals surface area contributed by atoms with Gasteiger partial charge in [-0.2, -0.15) is 0 Å². The van der Waals surface area contributed by atoms with E-state index in [9.17, 15) is 4.79 Å². The van der Waals surface area contributed by atoms with E-state index >= 15 is 0 Å². The third-order valence-electron chi connectivity index (χ3n) is 2.78. The van der Waals surface area contributed by atoms with E-state index < -0.39 is 5.97 Å². The molecule has 0 aliphatic rings. The van der Waals surface area contributed by atoms with Crippen LogP contribution in [0, 0.1) is 13.8 Å². The van der Waals surface area contributed by atoms with Crippen molar-refractivity contribution in [3.8, 4) is 5.75 Å². The lowest BCUT2D eigenvalue weighted by Gasteiger charge is -2.09. The van der Waals surface area contributed by atoms with Crippen molar-refractivity contribution in [3.05, 3.63) is 47.0 Å². The number of ether oxygens (including phenoxy) is 1. The molecule has 0 unspecified atom stereocenters. The van der Waals surface area contributed by atoms with Crippen molar-refractivity contribution >= 4 is 5.97 Å². The van der Waals surface area contributed by atoms with Gasteiger partial charge in [-0.3, -0.25) is 0 Å². The highest BCUT2D eigenvalue weighted by molar-refractivity contribution is 5.84. The number of benzene rings is 1. The third kappa shape index (κ3) is 2.51. The van der Waals surface area contributed by atoms with E-state index in [2.05, 4.69) is 9.97 Å². The normalized spacial score (nSPS) is 10.3. The number of aromatic amines is 1. The second kappa shape index (κ2) is 4.91. The summed E-state index contributed by atoms with van der Waals surface area (Å²) < 4.78 is 5.61. The van der Waals surface area contributed by atoms with Crippen molar-refractivity contribution in [1.29, 1.82) is 0 Å². The predicted molar refractivity (Wildman–Crippen MR) is 65.8 cm³/mol. The lowest BCUT2D eigenvalue weighted by molar-refractivity contribution is 0.0691. The molecule has 0 amide bonds. The molecule has 0 atom stereocenters. The van der Waals surface area contributed by atoms with Crippen LogP contribution in [0.15, 0.2) is 24.4 Å². The van der Waals surface area contributed by atoms with Gasteiger partial charge in [0.05, 0.1) is 6.20 Å². The fraction of sp³-hybridized carbons (Fsp3) is 0.231. The van der Waals surface area contributed by atoms with Gasteiger partial charge in [0.1, 0.15) is 23.9 Å². The number of hydrogen-bond acceptors (Lipinski definition) is 3. The Hall–Kier alpha value is -2.30. The first-order valence-electron chi connectivity index (χ1n) is 5.54. The van der Waals surface area contributed by atoms with Crippen LogP contribution in [0.1, 0.15) is 27.4 Å². The first kappa shape index (κ1) is 12.2. The molecule has 1 aromatic carbocycles. The molecule has 0 bridgehead atoms. The number of imidazole rings is 1. The lowest BCUT2D eigenvalue weighted by atomic mass is 10.1. The van der Waals surface area contributed by atoms with E-state index in [4.69, 9.17) is 9.84 Å². The maximum atomic E-state index is 10.7. The minimum Gasteiger partial charge on any atom is -0.485 e. The molecule has 0 saturated carbocycles. The molecule has 1 heterocycles. The van der Waals surface area contributed by atoms with Crippen LogP contribution in [-0.4, -0.2) is 21.0 Å². The molecule has 18 heavy (non-hydrogen) atoms. The molecular formula is C13H14N2O3. The summed E-state index contributed by atoms with van der Waals surface area (Å²) >= 11 is 0. The molecule has 0 radical (unpaired) electrons. The Morgan fingerprint density at radius 2 is 2.22 bits per heavy atom. The van der Waals surface area contributed by atoms with Crippen LogP contribution in [0.5, 0.6) is 5.75 Å². The zero-order chi connectivity index (χ0) is 13.1. The number of H-pyrrole nitrogens is 1. The van der Waals surface area contributed by atoms with Crippen LogP contribution in [0.4, 0.5) is 0 Å². The summed E-state index contributed by atoms with van der Waals surface area (Å²) in [4.78, 5) is 17.3. The molecule has 94 valence electrons. The van der Waals surface area contributed by atoms with Crippen LogP contribution in [-0.2, 0) is 6.61 Å². The molecule has 0 fully saturated rings. The minimum absolute atomic E-state index is 0.0644. The van der Waals surface area contributed by atoms with Gasteiger partial charge in [0.15, 0.2) is 0 Å². The van der Waals surface area contributed by atoms with E-state index in [1.807, 2.05) is 32.0 Å². The predicted octanol–water partition coefficient (Wildman–Crippen LogP) is 2.30. The molecule has 0 saturated heterocycles. The maximum absolute atomic E-state index is 10.7. The van der Waals surface area contributed by atoms with Crippen molar-refractivity contribution in [2.24, 2.45) is 0 Å². The number of nitrogens with zero attached hydrogens (tertiary/aromatic N) is 1. The number of hydrogen-bond donors (Lipinski definition) is 2. The van der Waals surface area contributed by atoms with Crippen molar-refractivity contribution in [2.45, 2.75) is 20.5 Å².